The van der Waals surface area contributed by atoms with E-state index < -0.39 is 5.97 Å². The third-order valence-electron chi connectivity index (χ3n) is 5.08. The molecule has 0 atom stereocenters. The number of pyridine rings is 1. The molecule has 1 N–H and O–H groups in total. The molecule has 0 aliphatic carbocycles. The highest BCUT2D eigenvalue weighted by atomic mass is 32.1. The smallest absolute Gasteiger partial charge is 0.355 e. The topological polar surface area (TPSA) is 100 Å². The van der Waals surface area contributed by atoms with Gasteiger partial charge < -0.3 is 5.11 Å². The Labute approximate surface area is 185 Å². The number of aliphatic carboxylic acids is 1. The maximum Gasteiger partial charge on any atom is 0.355 e. The molecule has 0 amide bonds. The zero-order valence-corrected chi connectivity index (χ0v) is 17.3. The van der Waals surface area contributed by atoms with Gasteiger partial charge in [-0.1, -0.05) is 36.4 Å². The second kappa shape index (κ2) is 7.65. The molecule has 5 aromatic rings. The summed E-state index contributed by atoms with van der Waals surface area (Å²) in [6.45, 7) is 0. The van der Waals surface area contributed by atoms with Gasteiger partial charge in [-0.15, -0.1) is 16.4 Å². The van der Waals surface area contributed by atoms with Crippen molar-refractivity contribution in [2.45, 2.75) is 0 Å². The number of nitrogens with zero attached hydrogens (tertiary/aromatic N) is 4. The number of carboxylic acids is 1. The molecule has 0 spiro atoms. The van der Waals surface area contributed by atoms with E-state index in [4.69, 9.17) is 10.4 Å². The fourth-order valence-corrected chi connectivity index (χ4v) is 4.46. The lowest BCUT2D eigenvalue weighted by atomic mass is 10.2. The average Bonchev–Trinajstić information content (AvgIpc) is 3.42. The van der Waals surface area contributed by atoms with Crippen molar-refractivity contribution in [2.24, 2.45) is 0 Å². The Hall–Kier alpha value is -4.48. The Bertz CT molecular complexity index is 1630. The SMILES string of the molecule is N#CC(=Cc1ccc(-c2ccc(-n3nc4c5ccccc5ccn4c3=O)cc2)s1)C(=O)O. The van der Waals surface area contributed by atoms with E-state index in [1.807, 2.05) is 60.7 Å². The van der Waals surface area contributed by atoms with E-state index in [1.165, 1.54) is 26.5 Å². The number of aromatic nitrogens is 3. The molecule has 0 aliphatic rings. The van der Waals surface area contributed by atoms with Gasteiger partial charge in [0.25, 0.3) is 0 Å². The quantitative estimate of drug-likeness (QED) is 0.332. The minimum Gasteiger partial charge on any atom is -0.477 e. The molecule has 0 bridgehead atoms. The molecule has 8 heteroatoms. The van der Waals surface area contributed by atoms with E-state index in [-0.39, 0.29) is 11.3 Å². The molecule has 3 heterocycles. The first-order valence-electron chi connectivity index (χ1n) is 9.60. The number of carbonyl (C=O) groups is 1. The summed E-state index contributed by atoms with van der Waals surface area (Å²) in [7, 11) is 0. The molecule has 0 radical (unpaired) electrons. The lowest BCUT2D eigenvalue weighted by molar-refractivity contribution is -0.132. The number of rotatable bonds is 4. The van der Waals surface area contributed by atoms with Crippen LogP contribution in [0.15, 0.2) is 83.3 Å². The van der Waals surface area contributed by atoms with Gasteiger partial charge in [-0.25, -0.2) is 14.0 Å². The van der Waals surface area contributed by atoms with Crippen LogP contribution in [0.5, 0.6) is 0 Å². The zero-order chi connectivity index (χ0) is 22.2. The summed E-state index contributed by atoms with van der Waals surface area (Å²) in [6, 6.07) is 22.4. The van der Waals surface area contributed by atoms with E-state index in [0.717, 1.165) is 21.2 Å². The van der Waals surface area contributed by atoms with Gasteiger partial charge in [0.15, 0.2) is 5.65 Å². The molecule has 0 saturated heterocycles. The lowest BCUT2D eigenvalue weighted by Gasteiger charge is -2.01. The Morgan fingerprint density at radius 2 is 1.84 bits per heavy atom. The average molecular weight is 438 g/mol. The largest absolute Gasteiger partial charge is 0.477 e. The van der Waals surface area contributed by atoms with E-state index in [0.29, 0.717) is 16.2 Å². The Balaban J connectivity index is 1.51. The molecule has 0 saturated carbocycles. The van der Waals surface area contributed by atoms with Gasteiger partial charge in [0.1, 0.15) is 11.6 Å². The summed E-state index contributed by atoms with van der Waals surface area (Å²) in [5.41, 5.74) is 1.58. The molecular weight excluding hydrogens is 424 g/mol. The van der Waals surface area contributed by atoms with Gasteiger partial charge in [-0.3, -0.25) is 0 Å². The standard InChI is InChI=1S/C24H14N4O3S/c25-14-17(23(29)30)13-19-9-10-21(32-19)16-5-7-18(8-6-16)28-24(31)27-12-11-15-3-1-2-4-20(15)22(27)26-28/h1-13H,(H,29,30). The maximum absolute atomic E-state index is 12.9. The van der Waals surface area contributed by atoms with Gasteiger partial charge in [0.05, 0.1) is 5.69 Å². The highest BCUT2D eigenvalue weighted by molar-refractivity contribution is 7.16. The van der Waals surface area contributed by atoms with Crippen LogP contribution in [0.2, 0.25) is 0 Å². The number of thiophene rings is 1. The minimum absolute atomic E-state index is 0.250. The van der Waals surface area contributed by atoms with Crippen molar-refractivity contribution in [3.63, 3.8) is 0 Å². The van der Waals surface area contributed by atoms with Gasteiger partial charge in [0, 0.05) is 21.3 Å². The summed E-state index contributed by atoms with van der Waals surface area (Å²) in [6.07, 6.45) is 3.08. The predicted molar refractivity (Wildman–Crippen MR) is 123 cm³/mol. The first-order chi connectivity index (χ1) is 15.5. The van der Waals surface area contributed by atoms with Crippen molar-refractivity contribution in [1.82, 2.24) is 14.2 Å². The van der Waals surface area contributed by atoms with Crippen LogP contribution < -0.4 is 5.69 Å². The molecule has 32 heavy (non-hydrogen) atoms. The monoisotopic (exact) mass is 438 g/mol. The fraction of sp³-hybridized carbons (Fsp3) is 0. The predicted octanol–water partition coefficient (Wildman–Crippen LogP) is 4.36. The summed E-state index contributed by atoms with van der Waals surface area (Å²) in [4.78, 5) is 25.5. The number of fused-ring (bicyclic) bond motifs is 3. The Morgan fingerprint density at radius 1 is 1.06 bits per heavy atom. The number of nitriles is 1. The molecular formula is C24H14N4O3S. The van der Waals surface area contributed by atoms with E-state index >= 15 is 0 Å². The zero-order valence-electron chi connectivity index (χ0n) is 16.5. The third-order valence-corrected chi connectivity index (χ3v) is 6.16. The first kappa shape index (κ1) is 19.5. The number of carboxylic acid groups (broad SMARTS) is 1. The normalized spacial score (nSPS) is 11.7. The lowest BCUT2D eigenvalue weighted by Crippen LogP contribution is -2.19. The van der Waals surface area contributed by atoms with Crippen molar-refractivity contribution >= 4 is 39.8 Å². The van der Waals surface area contributed by atoms with Crippen molar-refractivity contribution in [3.05, 3.63) is 93.9 Å². The molecule has 0 fully saturated rings. The third kappa shape index (κ3) is 3.27. The highest BCUT2D eigenvalue weighted by Crippen LogP contribution is 2.30. The van der Waals surface area contributed by atoms with Crippen LogP contribution in [0.3, 0.4) is 0 Å². The molecule has 0 aliphatic heterocycles. The maximum atomic E-state index is 12.9. The van der Waals surface area contributed by atoms with Crippen LogP contribution in [-0.2, 0) is 4.79 Å². The second-order valence-corrected chi connectivity index (χ2v) is 8.13. The summed E-state index contributed by atoms with van der Waals surface area (Å²) < 4.78 is 2.91. The molecule has 154 valence electrons. The summed E-state index contributed by atoms with van der Waals surface area (Å²) in [5, 5.41) is 24.4. The van der Waals surface area contributed by atoms with Crippen LogP contribution in [0, 0.1) is 11.3 Å². The van der Waals surface area contributed by atoms with E-state index in [2.05, 4.69) is 5.10 Å². The minimum atomic E-state index is -1.25. The van der Waals surface area contributed by atoms with Gasteiger partial charge in [-0.2, -0.15) is 9.94 Å². The molecule has 7 nitrogen and oxygen atoms in total. The van der Waals surface area contributed by atoms with Crippen molar-refractivity contribution in [1.29, 1.82) is 5.26 Å². The van der Waals surface area contributed by atoms with Crippen LogP contribution >= 0.6 is 11.3 Å². The number of hydrogen-bond acceptors (Lipinski definition) is 5. The van der Waals surface area contributed by atoms with Gasteiger partial charge >= 0.3 is 11.7 Å². The summed E-state index contributed by atoms with van der Waals surface area (Å²) in [5.74, 6) is -1.25. The fourth-order valence-electron chi connectivity index (χ4n) is 3.50. The summed E-state index contributed by atoms with van der Waals surface area (Å²) >= 11 is 1.38. The van der Waals surface area contributed by atoms with Crippen molar-refractivity contribution in [3.8, 4) is 22.2 Å². The van der Waals surface area contributed by atoms with E-state index in [9.17, 15) is 9.59 Å². The first-order valence-corrected chi connectivity index (χ1v) is 10.4. The number of hydrogen-bond donors (Lipinski definition) is 1. The second-order valence-electron chi connectivity index (χ2n) is 7.01. The molecule has 5 rings (SSSR count). The van der Waals surface area contributed by atoms with E-state index in [1.54, 1.807) is 18.3 Å². The van der Waals surface area contributed by atoms with Crippen LogP contribution in [0.1, 0.15) is 4.88 Å². The van der Waals surface area contributed by atoms with Crippen molar-refractivity contribution < 1.29 is 9.90 Å². The molecule has 2 aromatic carbocycles. The molecule has 0 unspecified atom stereocenters. The van der Waals surface area contributed by atoms with Crippen molar-refractivity contribution in [2.75, 3.05) is 0 Å². The Morgan fingerprint density at radius 3 is 2.59 bits per heavy atom. The van der Waals surface area contributed by atoms with Gasteiger partial charge in [0.2, 0.25) is 0 Å². The molecule has 3 aromatic heterocycles. The van der Waals surface area contributed by atoms with Crippen LogP contribution in [0.4, 0.5) is 0 Å². The van der Waals surface area contributed by atoms with Gasteiger partial charge in [-0.05, 0) is 47.4 Å². The Kier molecular flexibility index (Phi) is 4.66. The number of benzene rings is 2. The van der Waals surface area contributed by atoms with Crippen LogP contribution in [-0.4, -0.2) is 25.3 Å². The van der Waals surface area contributed by atoms with Crippen LogP contribution in [0.25, 0.3) is 38.6 Å². The highest BCUT2D eigenvalue weighted by Gasteiger charge is 2.12.